The Kier molecular flexibility index (Phi) is 3.59. The monoisotopic (exact) mass is 289 g/mol. The van der Waals surface area contributed by atoms with Gasteiger partial charge in [0.05, 0.1) is 5.69 Å². The second-order valence-electron chi connectivity index (χ2n) is 5.42. The van der Waals surface area contributed by atoms with Crippen LogP contribution in [0.3, 0.4) is 0 Å². The van der Waals surface area contributed by atoms with Crippen molar-refractivity contribution in [3.8, 4) is 0 Å². The van der Waals surface area contributed by atoms with E-state index in [0.717, 1.165) is 30.9 Å². The number of piperidine rings is 1. The molecule has 0 unspecified atom stereocenters. The normalized spacial score (nSPS) is 18.9. The number of nitrogens with two attached hydrogens (primary N) is 1. The van der Waals surface area contributed by atoms with Gasteiger partial charge in [-0.25, -0.2) is 9.67 Å². The third-order valence-electron chi connectivity index (χ3n) is 3.81. The van der Waals surface area contributed by atoms with Crippen molar-refractivity contribution in [2.24, 2.45) is 0 Å². The minimum Gasteiger partial charge on any atom is -0.384 e. The molecule has 1 atom stereocenters. The Morgan fingerprint density at radius 1 is 1.57 bits per heavy atom. The average Bonchev–Trinajstić information content (AvgIpc) is 3.09. The zero-order valence-corrected chi connectivity index (χ0v) is 12.0. The van der Waals surface area contributed by atoms with Crippen molar-refractivity contribution in [3.05, 3.63) is 23.9 Å². The Morgan fingerprint density at radius 2 is 2.43 bits per heavy atom. The number of amides is 1. The molecular formula is C13H19N7O. The maximum Gasteiger partial charge on any atom is 0.244 e. The maximum absolute atomic E-state index is 12.4. The molecule has 0 saturated carbocycles. The highest BCUT2D eigenvalue weighted by molar-refractivity contribution is 5.76. The number of nitrogens with one attached hydrogen (secondary N) is 1. The zero-order chi connectivity index (χ0) is 14.8. The van der Waals surface area contributed by atoms with Gasteiger partial charge < -0.3 is 10.6 Å². The summed E-state index contributed by atoms with van der Waals surface area (Å²) in [7, 11) is 0. The predicted molar refractivity (Wildman–Crippen MR) is 76.3 cm³/mol. The molecule has 3 N–H and O–H groups in total. The largest absolute Gasteiger partial charge is 0.384 e. The van der Waals surface area contributed by atoms with Gasteiger partial charge in [-0.3, -0.25) is 9.89 Å². The van der Waals surface area contributed by atoms with Crippen molar-refractivity contribution in [2.45, 2.75) is 32.2 Å². The van der Waals surface area contributed by atoms with Crippen LogP contribution >= 0.6 is 0 Å². The van der Waals surface area contributed by atoms with Crippen LogP contribution in [0.25, 0.3) is 0 Å². The summed E-state index contributed by atoms with van der Waals surface area (Å²) in [6, 6.07) is 1.76. The van der Waals surface area contributed by atoms with E-state index >= 15 is 0 Å². The fourth-order valence-corrected chi connectivity index (χ4v) is 2.76. The number of hydrogen-bond acceptors (Lipinski definition) is 5. The standard InChI is InChI=1S/C13H19N7O/c1-9-5-11(14)20(18-9)7-12(21)19-4-2-3-10(6-19)13-15-8-16-17-13/h5,8,10H,2-4,6-7,14H2,1H3,(H,15,16,17)/t10-/m0/s1. The highest BCUT2D eigenvalue weighted by Crippen LogP contribution is 2.24. The fourth-order valence-electron chi connectivity index (χ4n) is 2.76. The summed E-state index contributed by atoms with van der Waals surface area (Å²) in [6.45, 7) is 3.47. The van der Waals surface area contributed by atoms with E-state index in [1.165, 1.54) is 6.33 Å². The topological polar surface area (TPSA) is 106 Å². The molecule has 112 valence electrons. The first-order chi connectivity index (χ1) is 10.1. The number of aryl methyl sites for hydroxylation is 1. The number of nitrogen functional groups attached to an aromatic ring is 1. The van der Waals surface area contributed by atoms with Crippen LogP contribution in [0.1, 0.15) is 30.3 Å². The number of anilines is 1. The third-order valence-corrected chi connectivity index (χ3v) is 3.81. The molecule has 1 aliphatic rings. The van der Waals surface area contributed by atoms with Crippen molar-refractivity contribution in [1.29, 1.82) is 0 Å². The van der Waals surface area contributed by atoms with Gasteiger partial charge in [0, 0.05) is 25.1 Å². The summed E-state index contributed by atoms with van der Waals surface area (Å²) < 4.78 is 1.55. The Hall–Kier alpha value is -2.38. The van der Waals surface area contributed by atoms with E-state index in [9.17, 15) is 4.79 Å². The first kappa shape index (κ1) is 13.6. The molecule has 8 heteroatoms. The molecule has 0 aliphatic carbocycles. The van der Waals surface area contributed by atoms with Gasteiger partial charge >= 0.3 is 0 Å². The van der Waals surface area contributed by atoms with Gasteiger partial charge in [-0.2, -0.15) is 10.2 Å². The second kappa shape index (κ2) is 5.55. The summed E-state index contributed by atoms with van der Waals surface area (Å²) >= 11 is 0. The number of carbonyl (C=O) groups excluding carboxylic acids is 1. The van der Waals surface area contributed by atoms with E-state index in [1.807, 2.05) is 11.8 Å². The highest BCUT2D eigenvalue weighted by atomic mass is 16.2. The molecule has 8 nitrogen and oxygen atoms in total. The summed E-state index contributed by atoms with van der Waals surface area (Å²) in [5, 5.41) is 11.0. The smallest absolute Gasteiger partial charge is 0.244 e. The Morgan fingerprint density at radius 3 is 3.10 bits per heavy atom. The molecule has 1 aliphatic heterocycles. The zero-order valence-electron chi connectivity index (χ0n) is 12.0. The summed E-state index contributed by atoms with van der Waals surface area (Å²) in [6.07, 6.45) is 3.48. The van der Waals surface area contributed by atoms with Gasteiger partial charge in [-0.05, 0) is 19.8 Å². The molecule has 1 fully saturated rings. The van der Waals surface area contributed by atoms with E-state index in [0.29, 0.717) is 12.4 Å². The van der Waals surface area contributed by atoms with E-state index in [2.05, 4.69) is 20.3 Å². The molecule has 1 saturated heterocycles. The van der Waals surface area contributed by atoms with Crippen LogP contribution in [-0.2, 0) is 11.3 Å². The van der Waals surface area contributed by atoms with Crippen LogP contribution in [-0.4, -0.2) is 48.9 Å². The van der Waals surface area contributed by atoms with Gasteiger partial charge in [0.25, 0.3) is 0 Å². The molecule has 0 radical (unpaired) electrons. The molecule has 0 aromatic carbocycles. The molecule has 2 aromatic heterocycles. The van der Waals surface area contributed by atoms with Crippen molar-refractivity contribution < 1.29 is 4.79 Å². The number of aromatic nitrogens is 5. The average molecular weight is 289 g/mol. The first-order valence-corrected chi connectivity index (χ1v) is 7.06. The second-order valence-corrected chi connectivity index (χ2v) is 5.42. The minimum atomic E-state index is 0.0361. The maximum atomic E-state index is 12.4. The van der Waals surface area contributed by atoms with E-state index in [4.69, 9.17) is 5.73 Å². The molecule has 0 spiro atoms. The molecule has 2 aromatic rings. The van der Waals surface area contributed by atoms with Crippen molar-refractivity contribution >= 4 is 11.7 Å². The molecule has 3 heterocycles. The first-order valence-electron chi connectivity index (χ1n) is 7.06. The summed E-state index contributed by atoms with van der Waals surface area (Å²) in [5.74, 6) is 1.63. The van der Waals surface area contributed by atoms with Crippen LogP contribution < -0.4 is 5.73 Å². The van der Waals surface area contributed by atoms with Crippen molar-refractivity contribution in [2.75, 3.05) is 18.8 Å². The van der Waals surface area contributed by atoms with E-state index in [-0.39, 0.29) is 18.4 Å². The van der Waals surface area contributed by atoms with E-state index in [1.54, 1.807) is 10.7 Å². The Balaban J connectivity index is 1.66. The Labute approximate surface area is 122 Å². The summed E-state index contributed by atoms with van der Waals surface area (Å²) in [5.41, 5.74) is 6.65. The lowest BCUT2D eigenvalue weighted by atomic mass is 9.97. The molecule has 21 heavy (non-hydrogen) atoms. The number of likely N-dealkylation sites (tertiary alicyclic amines) is 1. The number of aromatic amines is 1. The van der Waals surface area contributed by atoms with Crippen LogP contribution in [0.5, 0.6) is 0 Å². The number of H-pyrrole nitrogens is 1. The third kappa shape index (κ3) is 2.88. The fraction of sp³-hybridized carbons (Fsp3) is 0.538. The van der Waals surface area contributed by atoms with Crippen molar-refractivity contribution in [1.82, 2.24) is 29.9 Å². The number of rotatable bonds is 3. The van der Waals surface area contributed by atoms with Crippen LogP contribution in [0, 0.1) is 6.92 Å². The predicted octanol–water partition coefficient (Wildman–Crippen LogP) is 0.298. The van der Waals surface area contributed by atoms with Gasteiger partial charge in [-0.15, -0.1) is 0 Å². The van der Waals surface area contributed by atoms with Crippen molar-refractivity contribution in [3.63, 3.8) is 0 Å². The quantitative estimate of drug-likeness (QED) is 0.845. The summed E-state index contributed by atoms with van der Waals surface area (Å²) in [4.78, 5) is 18.5. The van der Waals surface area contributed by atoms with Crippen LogP contribution in [0.15, 0.2) is 12.4 Å². The van der Waals surface area contributed by atoms with Gasteiger partial charge in [0.2, 0.25) is 5.91 Å². The lowest BCUT2D eigenvalue weighted by Gasteiger charge is -2.31. The molecule has 0 bridgehead atoms. The number of nitrogens with zero attached hydrogens (tertiary/aromatic N) is 5. The number of hydrogen-bond donors (Lipinski definition) is 2. The Bertz CT molecular complexity index is 619. The molecule has 3 rings (SSSR count). The SMILES string of the molecule is Cc1cc(N)n(CC(=O)N2CCC[C@H](c3ncn[nH]3)C2)n1. The van der Waals surface area contributed by atoms with Crippen LogP contribution in [0.4, 0.5) is 5.82 Å². The molecular weight excluding hydrogens is 270 g/mol. The van der Waals surface area contributed by atoms with E-state index < -0.39 is 0 Å². The minimum absolute atomic E-state index is 0.0361. The lowest BCUT2D eigenvalue weighted by molar-refractivity contribution is -0.133. The van der Waals surface area contributed by atoms with Gasteiger partial charge in [0.1, 0.15) is 24.5 Å². The lowest BCUT2D eigenvalue weighted by Crippen LogP contribution is -2.41. The molecule has 1 amide bonds. The highest BCUT2D eigenvalue weighted by Gasteiger charge is 2.26. The van der Waals surface area contributed by atoms with Gasteiger partial charge in [-0.1, -0.05) is 0 Å². The van der Waals surface area contributed by atoms with Crippen LogP contribution in [0.2, 0.25) is 0 Å². The number of carbonyl (C=O) groups is 1. The van der Waals surface area contributed by atoms with Gasteiger partial charge in [0.15, 0.2) is 0 Å².